The highest BCUT2D eigenvalue weighted by Gasteiger charge is 2.07. The largest absolute Gasteiger partial charge is 0.490 e. The van der Waals surface area contributed by atoms with Crippen LogP contribution in [0, 0.1) is 13.8 Å². The van der Waals surface area contributed by atoms with Crippen molar-refractivity contribution in [3.8, 4) is 5.75 Å². The lowest BCUT2D eigenvalue weighted by atomic mass is 10.1. The standard InChI is InChI=1S/C12H17ClO/c1-8(2)14-12-9(3)5-11(7-13)6-10(12)4/h5-6,8H,7H2,1-4H3. The molecular formula is C12H17ClO. The van der Waals surface area contributed by atoms with Crippen molar-refractivity contribution < 1.29 is 4.74 Å². The van der Waals surface area contributed by atoms with Crippen LogP contribution >= 0.6 is 11.6 Å². The first-order valence-electron chi connectivity index (χ1n) is 4.87. The third-order valence-corrected chi connectivity index (χ3v) is 2.34. The minimum absolute atomic E-state index is 0.217. The highest BCUT2D eigenvalue weighted by Crippen LogP contribution is 2.26. The van der Waals surface area contributed by atoms with Crippen molar-refractivity contribution in [3.63, 3.8) is 0 Å². The molecule has 0 aliphatic carbocycles. The Morgan fingerprint density at radius 3 is 2.07 bits per heavy atom. The molecule has 0 fully saturated rings. The van der Waals surface area contributed by atoms with Crippen molar-refractivity contribution in [3.05, 3.63) is 28.8 Å². The molecule has 1 rings (SSSR count). The van der Waals surface area contributed by atoms with Gasteiger partial charge in [-0.3, -0.25) is 0 Å². The van der Waals surface area contributed by atoms with Crippen molar-refractivity contribution in [2.45, 2.75) is 39.7 Å². The summed E-state index contributed by atoms with van der Waals surface area (Å²) in [6.07, 6.45) is 0.217. The van der Waals surface area contributed by atoms with E-state index in [1.54, 1.807) is 0 Å². The maximum atomic E-state index is 5.79. The molecular weight excluding hydrogens is 196 g/mol. The van der Waals surface area contributed by atoms with Gasteiger partial charge in [0.25, 0.3) is 0 Å². The summed E-state index contributed by atoms with van der Waals surface area (Å²) in [6, 6.07) is 4.16. The Hall–Kier alpha value is -0.690. The van der Waals surface area contributed by atoms with Crippen molar-refractivity contribution in [1.82, 2.24) is 0 Å². The summed E-state index contributed by atoms with van der Waals surface area (Å²) < 4.78 is 5.73. The molecule has 78 valence electrons. The molecule has 14 heavy (non-hydrogen) atoms. The normalized spacial score (nSPS) is 10.7. The quantitative estimate of drug-likeness (QED) is 0.692. The van der Waals surface area contributed by atoms with Gasteiger partial charge in [-0.25, -0.2) is 0 Å². The number of hydrogen-bond donors (Lipinski definition) is 0. The van der Waals surface area contributed by atoms with Gasteiger partial charge in [0.2, 0.25) is 0 Å². The first-order chi connectivity index (χ1) is 6.54. The predicted octanol–water partition coefficient (Wildman–Crippen LogP) is 3.83. The molecule has 0 bridgehead atoms. The highest BCUT2D eigenvalue weighted by molar-refractivity contribution is 6.17. The van der Waals surface area contributed by atoms with E-state index in [9.17, 15) is 0 Å². The lowest BCUT2D eigenvalue weighted by Crippen LogP contribution is -2.08. The summed E-state index contributed by atoms with van der Waals surface area (Å²) >= 11 is 5.79. The van der Waals surface area contributed by atoms with E-state index < -0.39 is 0 Å². The van der Waals surface area contributed by atoms with Crippen LogP contribution in [0.4, 0.5) is 0 Å². The Kier molecular flexibility index (Phi) is 3.82. The third kappa shape index (κ3) is 2.65. The van der Waals surface area contributed by atoms with Crippen LogP contribution < -0.4 is 4.74 Å². The van der Waals surface area contributed by atoms with Gasteiger partial charge in [0.05, 0.1) is 6.10 Å². The van der Waals surface area contributed by atoms with Crippen LogP contribution in [0.25, 0.3) is 0 Å². The molecule has 0 aromatic heterocycles. The molecule has 0 saturated heterocycles. The van der Waals surface area contributed by atoms with Gasteiger partial charge in [-0.05, 0) is 44.4 Å². The Morgan fingerprint density at radius 1 is 1.21 bits per heavy atom. The fraction of sp³-hybridized carbons (Fsp3) is 0.500. The topological polar surface area (TPSA) is 9.23 Å². The zero-order chi connectivity index (χ0) is 10.7. The van der Waals surface area contributed by atoms with Gasteiger partial charge in [0.15, 0.2) is 0 Å². The third-order valence-electron chi connectivity index (χ3n) is 2.03. The van der Waals surface area contributed by atoms with Gasteiger partial charge in [-0.1, -0.05) is 12.1 Å². The summed E-state index contributed by atoms with van der Waals surface area (Å²) in [5.74, 6) is 1.55. The van der Waals surface area contributed by atoms with Gasteiger partial charge in [0.1, 0.15) is 5.75 Å². The maximum Gasteiger partial charge on any atom is 0.125 e. The first-order valence-corrected chi connectivity index (χ1v) is 5.40. The van der Waals surface area contributed by atoms with Crippen LogP contribution in [0.3, 0.4) is 0 Å². The molecule has 0 spiro atoms. The highest BCUT2D eigenvalue weighted by atomic mass is 35.5. The SMILES string of the molecule is Cc1cc(CCl)cc(C)c1OC(C)C. The van der Waals surface area contributed by atoms with E-state index in [1.807, 2.05) is 13.8 Å². The average molecular weight is 213 g/mol. The van der Waals surface area contributed by atoms with E-state index in [0.29, 0.717) is 5.88 Å². The number of hydrogen-bond acceptors (Lipinski definition) is 1. The molecule has 0 aliphatic rings. The second kappa shape index (κ2) is 4.70. The maximum absolute atomic E-state index is 5.79. The van der Waals surface area contributed by atoms with Crippen LogP contribution in [-0.4, -0.2) is 6.10 Å². The van der Waals surface area contributed by atoms with Crippen molar-refractivity contribution in [2.75, 3.05) is 0 Å². The van der Waals surface area contributed by atoms with E-state index in [2.05, 4.69) is 26.0 Å². The number of rotatable bonds is 3. The smallest absolute Gasteiger partial charge is 0.125 e. The second-order valence-corrected chi connectivity index (χ2v) is 4.13. The molecule has 0 amide bonds. The molecule has 0 aliphatic heterocycles. The van der Waals surface area contributed by atoms with Gasteiger partial charge < -0.3 is 4.74 Å². The monoisotopic (exact) mass is 212 g/mol. The predicted molar refractivity (Wildman–Crippen MR) is 61.2 cm³/mol. The first kappa shape index (κ1) is 11.4. The Bertz CT molecular complexity index is 295. The van der Waals surface area contributed by atoms with E-state index in [0.717, 1.165) is 22.4 Å². The number of aryl methyl sites for hydroxylation is 2. The molecule has 1 aromatic carbocycles. The molecule has 0 atom stereocenters. The fourth-order valence-corrected chi connectivity index (χ4v) is 1.69. The van der Waals surface area contributed by atoms with E-state index in [-0.39, 0.29) is 6.10 Å². The molecule has 2 heteroatoms. The number of alkyl halides is 1. The van der Waals surface area contributed by atoms with Crippen molar-refractivity contribution >= 4 is 11.6 Å². The van der Waals surface area contributed by atoms with Crippen LogP contribution in [0.2, 0.25) is 0 Å². The van der Waals surface area contributed by atoms with Crippen LogP contribution in [-0.2, 0) is 5.88 Å². The Morgan fingerprint density at radius 2 is 1.71 bits per heavy atom. The number of ether oxygens (including phenoxy) is 1. The minimum atomic E-state index is 0.217. The van der Waals surface area contributed by atoms with E-state index in [1.165, 1.54) is 0 Å². The van der Waals surface area contributed by atoms with Crippen molar-refractivity contribution in [1.29, 1.82) is 0 Å². The summed E-state index contributed by atoms with van der Waals surface area (Å²) in [5.41, 5.74) is 3.47. The molecule has 1 aromatic rings. The lowest BCUT2D eigenvalue weighted by molar-refractivity contribution is 0.239. The Balaban J connectivity index is 3.05. The summed E-state index contributed by atoms with van der Waals surface area (Å²) in [4.78, 5) is 0. The molecule has 0 saturated carbocycles. The van der Waals surface area contributed by atoms with E-state index >= 15 is 0 Å². The van der Waals surface area contributed by atoms with Gasteiger partial charge in [0, 0.05) is 5.88 Å². The Labute approximate surface area is 91.0 Å². The summed E-state index contributed by atoms with van der Waals surface area (Å²) in [5, 5.41) is 0. The zero-order valence-corrected chi connectivity index (χ0v) is 9.98. The van der Waals surface area contributed by atoms with Gasteiger partial charge >= 0.3 is 0 Å². The second-order valence-electron chi connectivity index (χ2n) is 3.86. The lowest BCUT2D eigenvalue weighted by Gasteiger charge is -2.15. The number of benzene rings is 1. The van der Waals surface area contributed by atoms with Crippen LogP contribution in [0.5, 0.6) is 5.75 Å². The zero-order valence-electron chi connectivity index (χ0n) is 9.23. The van der Waals surface area contributed by atoms with Crippen molar-refractivity contribution in [2.24, 2.45) is 0 Å². The van der Waals surface area contributed by atoms with Gasteiger partial charge in [-0.15, -0.1) is 11.6 Å². The summed E-state index contributed by atoms with van der Waals surface area (Å²) in [7, 11) is 0. The summed E-state index contributed by atoms with van der Waals surface area (Å²) in [6.45, 7) is 8.18. The number of halogens is 1. The van der Waals surface area contributed by atoms with E-state index in [4.69, 9.17) is 16.3 Å². The molecule has 0 radical (unpaired) electrons. The molecule has 0 unspecified atom stereocenters. The van der Waals surface area contributed by atoms with Crippen LogP contribution in [0.15, 0.2) is 12.1 Å². The molecule has 1 nitrogen and oxygen atoms in total. The molecule has 0 N–H and O–H groups in total. The van der Waals surface area contributed by atoms with Crippen LogP contribution in [0.1, 0.15) is 30.5 Å². The fourth-order valence-electron chi connectivity index (χ4n) is 1.54. The average Bonchev–Trinajstić information content (AvgIpc) is 2.10. The van der Waals surface area contributed by atoms with Gasteiger partial charge in [-0.2, -0.15) is 0 Å². The molecule has 0 heterocycles. The minimum Gasteiger partial charge on any atom is -0.490 e.